The van der Waals surface area contributed by atoms with Crippen LogP contribution in [0.2, 0.25) is 0 Å². The quantitative estimate of drug-likeness (QED) is 0.851. The van der Waals surface area contributed by atoms with Crippen molar-refractivity contribution in [2.75, 3.05) is 19.6 Å². The molecule has 106 valence electrons. The number of piperidine rings is 1. The number of unbranched alkanes of at least 4 members (excludes halogenated alkanes) is 1. The molecular formula is C17H28N2. The van der Waals surface area contributed by atoms with E-state index in [0.717, 1.165) is 6.42 Å². The first-order valence-electron chi connectivity index (χ1n) is 7.81. The third-order valence-electron chi connectivity index (χ3n) is 4.36. The van der Waals surface area contributed by atoms with Crippen LogP contribution in [0.1, 0.15) is 38.2 Å². The molecular weight excluding hydrogens is 232 g/mol. The number of likely N-dealkylation sites (tertiary alicyclic amines) is 1. The highest BCUT2D eigenvalue weighted by Gasteiger charge is 2.25. The molecule has 0 spiro atoms. The number of hydrogen-bond donors (Lipinski definition) is 1. The maximum absolute atomic E-state index is 6.26. The molecule has 1 heterocycles. The fourth-order valence-electron chi connectivity index (χ4n) is 3.03. The average Bonchev–Trinajstić information content (AvgIpc) is 2.46. The van der Waals surface area contributed by atoms with Crippen LogP contribution < -0.4 is 5.73 Å². The molecule has 0 amide bonds. The highest BCUT2D eigenvalue weighted by atomic mass is 15.1. The van der Waals surface area contributed by atoms with Crippen LogP contribution in [-0.4, -0.2) is 30.6 Å². The first kappa shape index (κ1) is 14.5. The summed E-state index contributed by atoms with van der Waals surface area (Å²) in [5.41, 5.74) is 7.71. The highest BCUT2D eigenvalue weighted by Crippen LogP contribution is 2.21. The summed E-state index contributed by atoms with van der Waals surface area (Å²) in [5.74, 6) is 0.712. The molecule has 0 saturated carbocycles. The SMILES string of the molecule is CCCCC1CN(CCc2ccccc2)CCC1N. The molecule has 0 aromatic heterocycles. The van der Waals surface area contributed by atoms with Gasteiger partial charge in [-0.25, -0.2) is 0 Å². The van der Waals surface area contributed by atoms with Gasteiger partial charge in [-0.1, -0.05) is 50.1 Å². The second-order valence-corrected chi connectivity index (χ2v) is 5.89. The van der Waals surface area contributed by atoms with Gasteiger partial charge in [0.25, 0.3) is 0 Å². The lowest BCUT2D eigenvalue weighted by molar-refractivity contribution is 0.148. The summed E-state index contributed by atoms with van der Waals surface area (Å²) in [5, 5.41) is 0. The van der Waals surface area contributed by atoms with E-state index in [4.69, 9.17) is 5.73 Å². The van der Waals surface area contributed by atoms with Crippen LogP contribution in [0.15, 0.2) is 30.3 Å². The summed E-state index contributed by atoms with van der Waals surface area (Å²) in [6.07, 6.45) is 6.25. The minimum Gasteiger partial charge on any atom is -0.327 e. The standard InChI is InChI=1S/C17H28N2/c1-2-3-9-16-14-19(13-11-17(16)18)12-10-15-7-5-4-6-8-15/h4-8,16-17H,2-3,9-14,18H2,1H3. The summed E-state index contributed by atoms with van der Waals surface area (Å²) >= 11 is 0. The second-order valence-electron chi connectivity index (χ2n) is 5.89. The van der Waals surface area contributed by atoms with E-state index in [-0.39, 0.29) is 0 Å². The predicted molar refractivity (Wildman–Crippen MR) is 82.2 cm³/mol. The highest BCUT2D eigenvalue weighted by molar-refractivity contribution is 5.14. The van der Waals surface area contributed by atoms with Gasteiger partial charge in [0, 0.05) is 19.1 Å². The zero-order valence-electron chi connectivity index (χ0n) is 12.2. The Morgan fingerprint density at radius 2 is 2.05 bits per heavy atom. The summed E-state index contributed by atoms with van der Waals surface area (Å²) in [6.45, 7) is 5.82. The van der Waals surface area contributed by atoms with Crippen molar-refractivity contribution in [3.63, 3.8) is 0 Å². The zero-order chi connectivity index (χ0) is 13.5. The summed E-state index contributed by atoms with van der Waals surface area (Å²) in [6, 6.07) is 11.2. The largest absolute Gasteiger partial charge is 0.327 e. The van der Waals surface area contributed by atoms with E-state index < -0.39 is 0 Å². The summed E-state index contributed by atoms with van der Waals surface area (Å²) in [7, 11) is 0. The Bertz CT molecular complexity index is 350. The molecule has 2 unspecified atom stereocenters. The molecule has 1 saturated heterocycles. The number of nitrogens with zero attached hydrogens (tertiary/aromatic N) is 1. The molecule has 1 aliphatic rings. The van der Waals surface area contributed by atoms with Gasteiger partial charge in [-0.3, -0.25) is 0 Å². The minimum atomic E-state index is 0.430. The Morgan fingerprint density at radius 3 is 2.79 bits per heavy atom. The molecule has 1 aromatic rings. The van der Waals surface area contributed by atoms with Crippen LogP contribution in [0.5, 0.6) is 0 Å². The van der Waals surface area contributed by atoms with Crippen molar-refractivity contribution in [2.45, 2.75) is 45.1 Å². The fourth-order valence-corrected chi connectivity index (χ4v) is 3.03. The second kappa shape index (κ2) is 7.66. The van der Waals surface area contributed by atoms with Crippen molar-refractivity contribution in [1.29, 1.82) is 0 Å². The monoisotopic (exact) mass is 260 g/mol. The zero-order valence-corrected chi connectivity index (χ0v) is 12.2. The number of benzene rings is 1. The molecule has 2 N–H and O–H groups in total. The normalized spacial score (nSPS) is 24.5. The Labute approximate surface area is 118 Å². The van der Waals surface area contributed by atoms with E-state index in [2.05, 4.69) is 42.2 Å². The molecule has 1 fully saturated rings. The van der Waals surface area contributed by atoms with Crippen LogP contribution in [0.3, 0.4) is 0 Å². The van der Waals surface area contributed by atoms with Gasteiger partial charge < -0.3 is 10.6 Å². The smallest absolute Gasteiger partial charge is 0.00915 e. The van der Waals surface area contributed by atoms with Crippen molar-refractivity contribution in [2.24, 2.45) is 11.7 Å². The predicted octanol–water partition coefficient (Wildman–Crippen LogP) is 3.07. The minimum absolute atomic E-state index is 0.430. The van der Waals surface area contributed by atoms with Gasteiger partial charge in [0.1, 0.15) is 0 Å². The number of rotatable bonds is 6. The molecule has 1 aliphatic heterocycles. The van der Waals surface area contributed by atoms with Gasteiger partial charge in [0.05, 0.1) is 0 Å². The van der Waals surface area contributed by atoms with E-state index in [1.54, 1.807) is 0 Å². The summed E-state index contributed by atoms with van der Waals surface area (Å²) < 4.78 is 0. The van der Waals surface area contributed by atoms with Gasteiger partial charge in [0.15, 0.2) is 0 Å². The molecule has 0 radical (unpaired) electrons. The fraction of sp³-hybridized carbons (Fsp3) is 0.647. The van der Waals surface area contributed by atoms with Crippen LogP contribution in [-0.2, 0) is 6.42 Å². The first-order valence-corrected chi connectivity index (χ1v) is 7.81. The molecule has 2 heteroatoms. The third-order valence-corrected chi connectivity index (χ3v) is 4.36. The Hall–Kier alpha value is -0.860. The summed E-state index contributed by atoms with van der Waals surface area (Å²) in [4.78, 5) is 2.61. The first-order chi connectivity index (χ1) is 9.29. The molecule has 2 atom stereocenters. The Kier molecular flexibility index (Phi) is 5.87. The third kappa shape index (κ3) is 4.63. The van der Waals surface area contributed by atoms with Crippen molar-refractivity contribution < 1.29 is 0 Å². The van der Waals surface area contributed by atoms with Gasteiger partial charge in [-0.15, -0.1) is 0 Å². The lowest BCUT2D eigenvalue weighted by Gasteiger charge is -2.37. The molecule has 0 bridgehead atoms. The molecule has 2 nitrogen and oxygen atoms in total. The number of hydrogen-bond acceptors (Lipinski definition) is 2. The molecule has 1 aromatic carbocycles. The Balaban J connectivity index is 1.78. The molecule has 19 heavy (non-hydrogen) atoms. The van der Waals surface area contributed by atoms with E-state index in [1.165, 1.54) is 50.9 Å². The van der Waals surface area contributed by atoms with E-state index >= 15 is 0 Å². The van der Waals surface area contributed by atoms with E-state index in [1.807, 2.05) is 0 Å². The van der Waals surface area contributed by atoms with Crippen molar-refractivity contribution in [3.05, 3.63) is 35.9 Å². The van der Waals surface area contributed by atoms with Crippen molar-refractivity contribution in [3.8, 4) is 0 Å². The maximum atomic E-state index is 6.26. The van der Waals surface area contributed by atoms with Gasteiger partial charge in [0.2, 0.25) is 0 Å². The van der Waals surface area contributed by atoms with Crippen LogP contribution >= 0.6 is 0 Å². The topological polar surface area (TPSA) is 29.3 Å². The van der Waals surface area contributed by atoms with Gasteiger partial charge in [-0.05, 0) is 37.3 Å². The van der Waals surface area contributed by atoms with Gasteiger partial charge >= 0.3 is 0 Å². The van der Waals surface area contributed by atoms with Crippen LogP contribution in [0.25, 0.3) is 0 Å². The van der Waals surface area contributed by atoms with E-state index in [0.29, 0.717) is 12.0 Å². The Morgan fingerprint density at radius 1 is 1.26 bits per heavy atom. The maximum Gasteiger partial charge on any atom is 0.00915 e. The molecule has 2 rings (SSSR count). The molecule has 0 aliphatic carbocycles. The van der Waals surface area contributed by atoms with Crippen molar-refractivity contribution in [1.82, 2.24) is 4.90 Å². The van der Waals surface area contributed by atoms with Gasteiger partial charge in [-0.2, -0.15) is 0 Å². The van der Waals surface area contributed by atoms with Crippen LogP contribution in [0, 0.1) is 5.92 Å². The average molecular weight is 260 g/mol. The lowest BCUT2D eigenvalue weighted by atomic mass is 9.88. The van der Waals surface area contributed by atoms with Crippen LogP contribution in [0.4, 0.5) is 0 Å². The van der Waals surface area contributed by atoms with Crippen molar-refractivity contribution >= 4 is 0 Å². The lowest BCUT2D eigenvalue weighted by Crippen LogP contribution is -2.47. The van der Waals surface area contributed by atoms with E-state index in [9.17, 15) is 0 Å². The number of nitrogens with two attached hydrogens (primary N) is 1.